The summed E-state index contributed by atoms with van der Waals surface area (Å²) in [6.07, 6.45) is 0. The second kappa shape index (κ2) is 9.47. The van der Waals surface area contributed by atoms with Crippen molar-refractivity contribution in [1.29, 1.82) is 0 Å². The Morgan fingerprint density at radius 3 is 2.30 bits per heavy atom. The van der Waals surface area contributed by atoms with Crippen molar-refractivity contribution in [3.8, 4) is 16.8 Å². The largest absolute Gasteiger partial charge is 0.293 e. The van der Waals surface area contributed by atoms with E-state index in [1.54, 1.807) is 16.7 Å². The van der Waals surface area contributed by atoms with Crippen LogP contribution >= 0.6 is 39.0 Å². The molecule has 0 N–H and O–H groups in total. The number of rotatable bonds is 6. The van der Waals surface area contributed by atoms with E-state index in [4.69, 9.17) is 4.98 Å². The highest BCUT2D eigenvalue weighted by molar-refractivity contribution is 9.10. The molecule has 0 atom stereocenters. The van der Waals surface area contributed by atoms with Gasteiger partial charge >= 0.3 is 0 Å². The molecule has 0 saturated carbocycles. The predicted octanol–water partition coefficient (Wildman–Crippen LogP) is 6.85. The van der Waals surface area contributed by atoms with Crippen LogP contribution in [0.3, 0.4) is 0 Å². The third kappa shape index (κ3) is 4.44. The Morgan fingerprint density at radius 1 is 0.939 bits per heavy atom. The van der Waals surface area contributed by atoms with Crippen LogP contribution < -0.4 is 5.56 Å². The van der Waals surface area contributed by atoms with Gasteiger partial charge in [-0.25, -0.2) is 4.98 Å². The second-order valence-electron chi connectivity index (χ2n) is 7.28. The van der Waals surface area contributed by atoms with Crippen LogP contribution in [0, 0.1) is 0 Å². The number of carbonyl (C=O) groups excluding carboxylic acids is 1. The van der Waals surface area contributed by atoms with Crippen LogP contribution in [0.4, 0.5) is 0 Å². The van der Waals surface area contributed by atoms with Gasteiger partial charge in [0.25, 0.3) is 5.56 Å². The minimum atomic E-state index is -0.134. The first kappa shape index (κ1) is 21.8. The Labute approximate surface area is 207 Å². The number of aromatic nitrogens is 2. The quantitative estimate of drug-likeness (QED) is 0.136. The number of ketones is 1. The number of hydrogen-bond donors (Lipinski definition) is 0. The van der Waals surface area contributed by atoms with E-state index in [9.17, 15) is 9.59 Å². The molecule has 0 fully saturated rings. The Bertz CT molecular complexity index is 1500. The molecule has 5 rings (SSSR count). The van der Waals surface area contributed by atoms with Gasteiger partial charge in [0, 0.05) is 21.0 Å². The molecule has 0 spiro atoms. The summed E-state index contributed by atoms with van der Waals surface area (Å²) in [5, 5.41) is 3.08. The Hall–Kier alpha value is -3.00. The van der Waals surface area contributed by atoms with E-state index in [-0.39, 0.29) is 17.1 Å². The fourth-order valence-electron chi connectivity index (χ4n) is 3.55. The van der Waals surface area contributed by atoms with Crippen molar-refractivity contribution in [2.45, 2.75) is 5.16 Å². The highest BCUT2D eigenvalue weighted by atomic mass is 79.9. The van der Waals surface area contributed by atoms with Crippen molar-refractivity contribution in [3.63, 3.8) is 0 Å². The van der Waals surface area contributed by atoms with Crippen LogP contribution in [0.1, 0.15) is 10.4 Å². The summed E-state index contributed by atoms with van der Waals surface area (Å²) in [6, 6.07) is 26.6. The zero-order valence-corrected chi connectivity index (χ0v) is 20.5. The standard InChI is InChI=1S/C26H17BrN2O2S2/c27-19-13-11-18(12-14-19)22(30)16-33-26-28-24-23(21(15-32-24)17-7-3-1-4-8-17)25(31)29(26)20-9-5-2-6-10-20/h1-15H,16H2. The lowest BCUT2D eigenvalue weighted by molar-refractivity contribution is 0.102. The molecule has 0 aliphatic carbocycles. The highest BCUT2D eigenvalue weighted by Gasteiger charge is 2.19. The maximum absolute atomic E-state index is 13.8. The average molecular weight is 533 g/mol. The molecule has 0 aliphatic rings. The molecule has 0 amide bonds. The normalized spacial score (nSPS) is 11.1. The summed E-state index contributed by atoms with van der Waals surface area (Å²) in [5.74, 6) is 0.168. The molecule has 2 heterocycles. The van der Waals surface area contributed by atoms with Crippen LogP contribution in [0.25, 0.3) is 27.0 Å². The summed E-state index contributed by atoms with van der Waals surface area (Å²) in [4.78, 5) is 32.0. The first-order valence-electron chi connectivity index (χ1n) is 10.2. The predicted molar refractivity (Wildman–Crippen MR) is 140 cm³/mol. The molecule has 2 aromatic heterocycles. The lowest BCUT2D eigenvalue weighted by Gasteiger charge is -2.12. The summed E-state index contributed by atoms with van der Waals surface area (Å²) >= 11 is 6.12. The number of para-hydroxylation sites is 1. The van der Waals surface area contributed by atoms with Crippen molar-refractivity contribution in [3.05, 3.63) is 111 Å². The van der Waals surface area contributed by atoms with Crippen molar-refractivity contribution < 1.29 is 4.79 Å². The fraction of sp³-hybridized carbons (Fsp3) is 0.0385. The third-order valence-corrected chi connectivity index (χ3v) is 7.51. The molecular formula is C26H17BrN2O2S2. The van der Waals surface area contributed by atoms with Crippen molar-refractivity contribution in [1.82, 2.24) is 9.55 Å². The number of hydrogen-bond acceptors (Lipinski definition) is 5. The number of thioether (sulfide) groups is 1. The van der Waals surface area contributed by atoms with Gasteiger partial charge < -0.3 is 0 Å². The van der Waals surface area contributed by atoms with Crippen molar-refractivity contribution >= 4 is 55.0 Å². The van der Waals surface area contributed by atoms with E-state index < -0.39 is 0 Å². The molecule has 0 aliphatic heterocycles. The van der Waals surface area contributed by atoms with Gasteiger partial charge in [-0.15, -0.1) is 11.3 Å². The van der Waals surface area contributed by atoms with Crippen molar-refractivity contribution in [2.24, 2.45) is 0 Å². The number of nitrogens with zero attached hydrogens (tertiary/aromatic N) is 2. The maximum atomic E-state index is 13.8. The van der Waals surface area contributed by atoms with Crippen LogP contribution in [0.2, 0.25) is 0 Å². The highest BCUT2D eigenvalue weighted by Crippen LogP contribution is 2.33. The van der Waals surface area contributed by atoms with Gasteiger partial charge in [0.1, 0.15) is 4.83 Å². The van der Waals surface area contributed by atoms with Gasteiger partial charge in [0.05, 0.1) is 16.8 Å². The summed E-state index contributed by atoms with van der Waals surface area (Å²) in [6.45, 7) is 0. The topological polar surface area (TPSA) is 52.0 Å². The summed E-state index contributed by atoms with van der Waals surface area (Å²) in [7, 11) is 0. The molecule has 0 bridgehead atoms. The van der Waals surface area contributed by atoms with Gasteiger partial charge in [0.15, 0.2) is 10.9 Å². The Kier molecular flexibility index (Phi) is 6.26. The van der Waals surface area contributed by atoms with E-state index in [2.05, 4.69) is 15.9 Å². The number of benzene rings is 3. The van der Waals surface area contributed by atoms with Crippen LogP contribution in [0.15, 0.2) is 105 Å². The molecule has 162 valence electrons. The fourth-order valence-corrected chi connectivity index (χ4v) is 5.71. The monoisotopic (exact) mass is 532 g/mol. The maximum Gasteiger partial charge on any atom is 0.268 e. The Morgan fingerprint density at radius 2 is 1.61 bits per heavy atom. The van der Waals surface area contributed by atoms with Gasteiger partial charge in [-0.2, -0.15) is 0 Å². The van der Waals surface area contributed by atoms with Crippen LogP contribution in [0.5, 0.6) is 0 Å². The summed E-state index contributed by atoms with van der Waals surface area (Å²) in [5.41, 5.74) is 3.07. The van der Waals surface area contributed by atoms with E-state index in [1.165, 1.54) is 23.1 Å². The van der Waals surface area contributed by atoms with E-state index in [0.717, 1.165) is 21.3 Å². The summed E-state index contributed by atoms with van der Waals surface area (Å²) < 4.78 is 2.53. The molecule has 4 nitrogen and oxygen atoms in total. The van der Waals surface area contributed by atoms with Gasteiger partial charge in [-0.3, -0.25) is 14.2 Å². The smallest absolute Gasteiger partial charge is 0.268 e. The SMILES string of the molecule is O=C(CSc1nc2scc(-c3ccccc3)c2c(=O)n1-c1ccccc1)c1ccc(Br)cc1. The number of carbonyl (C=O) groups is 1. The number of halogens is 1. The number of fused-ring (bicyclic) bond motifs is 1. The first-order chi connectivity index (χ1) is 16.1. The molecule has 33 heavy (non-hydrogen) atoms. The number of thiophene rings is 1. The third-order valence-electron chi connectivity index (χ3n) is 5.17. The van der Waals surface area contributed by atoms with Gasteiger partial charge in [0.2, 0.25) is 0 Å². The minimum Gasteiger partial charge on any atom is -0.293 e. The van der Waals surface area contributed by atoms with Gasteiger partial charge in [-0.05, 0) is 29.8 Å². The molecule has 5 aromatic rings. The van der Waals surface area contributed by atoms with E-state index >= 15 is 0 Å². The van der Waals surface area contributed by atoms with E-state index in [1.807, 2.05) is 78.2 Å². The first-order valence-corrected chi connectivity index (χ1v) is 12.8. The van der Waals surface area contributed by atoms with Gasteiger partial charge in [-0.1, -0.05) is 88.4 Å². The lowest BCUT2D eigenvalue weighted by Crippen LogP contribution is -2.22. The molecule has 0 unspecified atom stereocenters. The minimum absolute atomic E-state index is 0.0161. The second-order valence-corrected chi connectivity index (χ2v) is 10.0. The van der Waals surface area contributed by atoms with Crippen LogP contribution in [-0.2, 0) is 0 Å². The average Bonchev–Trinajstić information content (AvgIpc) is 3.28. The molecule has 0 radical (unpaired) electrons. The lowest BCUT2D eigenvalue weighted by atomic mass is 10.1. The zero-order chi connectivity index (χ0) is 22.8. The molecule has 3 aromatic carbocycles. The zero-order valence-electron chi connectivity index (χ0n) is 17.3. The molecule has 7 heteroatoms. The molecule has 0 saturated heterocycles. The number of Topliss-reactive ketones (excluding diaryl/α,β-unsaturated/α-hetero) is 1. The Balaban J connectivity index is 1.60. The van der Waals surface area contributed by atoms with Crippen LogP contribution in [-0.4, -0.2) is 21.1 Å². The molecular weight excluding hydrogens is 516 g/mol. The van der Waals surface area contributed by atoms with E-state index in [0.29, 0.717) is 20.9 Å². The van der Waals surface area contributed by atoms with Crippen molar-refractivity contribution in [2.75, 3.05) is 5.75 Å².